The van der Waals surface area contributed by atoms with Gasteiger partial charge in [-0.2, -0.15) is 0 Å². The molecule has 0 amide bonds. The monoisotopic (exact) mass is 257 g/mol. The largest absolute Gasteiger partial charge is 0.215 e. The van der Waals surface area contributed by atoms with Crippen LogP contribution in [0.25, 0.3) is 0 Å². The summed E-state index contributed by atoms with van der Waals surface area (Å²) in [5.74, 6) is 0.617. The third kappa shape index (κ3) is 8.49. The molecule has 0 aliphatic carbocycles. The Bertz CT molecular complexity index is 203. The minimum atomic E-state index is -2.99. The van der Waals surface area contributed by atoms with Gasteiger partial charge in [-0.25, -0.2) is 13.1 Å². The zero-order chi connectivity index (χ0) is 9.61. The molecule has 0 spiro atoms. The summed E-state index contributed by atoms with van der Waals surface area (Å²) in [5, 5.41) is 0.978. The zero-order valence-electron chi connectivity index (χ0n) is 7.51. The van der Waals surface area contributed by atoms with Gasteiger partial charge in [0.25, 0.3) is 0 Å². The van der Waals surface area contributed by atoms with E-state index in [9.17, 15) is 8.42 Å². The second-order valence-electron chi connectivity index (χ2n) is 3.07. The van der Waals surface area contributed by atoms with Crippen molar-refractivity contribution in [3.63, 3.8) is 0 Å². The predicted molar refractivity (Wildman–Crippen MR) is 55.0 cm³/mol. The van der Waals surface area contributed by atoms with Crippen molar-refractivity contribution < 1.29 is 8.42 Å². The highest BCUT2D eigenvalue weighted by atomic mass is 79.9. The smallest absolute Gasteiger partial charge is 0.208 e. The Morgan fingerprint density at radius 2 is 2.08 bits per heavy atom. The number of hydrogen-bond acceptors (Lipinski definition) is 2. The van der Waals surface area contributed by atoms with Gasteiger partial charge in [-0.05, 0) is 18.8 Å². The maximum absolute atomic E-state index is 10.6. The lowest BCUT2D eigenvalue weighted by Gasteiger charge is -2.06. The number of rotatable bonds is 6. The fraction of sp³-hybridized carbons (Fsp3) is 1.00. The van der Waals surface area contributed by atoms with Gasteiger partial charge in [0.1, 0.15) is 0 Å². The Kier molecular flexibility index (Phi) is 6.13. The Hall–Kier alpha value is 0.390. The molecule has 0 aromatic carbocycles. The lowest BCUT2D eigenvalue weighted by atomic mass is 10.1. The Morgan fingerprint density at radius 1 is 1.50 bits per heavy atom. The molecular weight excluding hydrogens is 242 g/mol. The molecule has 0 saturated carbocycles. The Balaban J connectivity index is 3.34. The first-order chi connectivity index (χ1) is 5.45. The zero-order valence-corrected chi connectivity index (χ0v) is 9.91. The molecule has 3 nitrogen and oxygen atoms in total. The van der Waals surface area contributed by atoms with Crippen molar-refractivity contribution >= 4 is 26.0 Å². The van der Waals surface area contributed by atoms with Gasteiger partial charge >= 0.3 is 0 Å². The Labute approximate surface area is 83.1 Å². The normalized spacial score (nSPS) is 14.6. The number of halogens is 1. The van der Waals surface area contributed by atoms with E-state index in [1.54, 1.807) is 0 Å². The third-order valence-electron chi connectivity index (χ3n) is 1.50. The van der Waals surface area contributed by atoms with E-state index < -0.39 is 10.0 Å². The van der Waals surface area contributed by atoms with E-state index in [4.69, 9.17) is 0 Å². The SMILES string of the molecule is CC(CBr)CCCNS(C)(=O)=O. The molecule has 12 heavy (non-hydrogen) atoms. The predicted octanol–water partition coefficient (Wildman–Crippen LogP) is 1.35. The van der Waals surface area contributed by atoms with Gasteiger partial charge in [0.2, 0.25) is 10.0 Å². The standard InChI is InChI=1S/C7H16BrNO2S/c1-7(6-8)4-3-5-9-12(2,10)11/h7,9H,3-6H2,1-2H3. The van der Waals surface area contributed by atoms with Crippen LogP contribution in [-0.2, 0) is 10.0 Å². The van der Waals surface area contributed by atoms with Crippen molar-refractivity contribution in [3.8, 4) is 0 Å². The van der Waals surface area contributed by atoms with Crippen LogP contribution in [0.1, 0.15) is 19.8 Å². The van der Waals surface area contributed by atoms with E-state index in [-0.39, 0.29) is 0 Å². The van der Waals surface area contributed by atoms with Gasteiger partial charge in [0.15, 0.2) is 0 Å². The number of nitrogens with one attached hydrogen (secondary N) is 1. The number of hydrogen-bond donors (Lipinski definition) is 1. The first-order valence-corrected chi connectivity index (χ1v) is 6.97. The first kappa shape index (κ1) is 12.4. The van der Waals surface area contributed by atoms with Crippen molar-refractivity contribution in [2.24, 2.45) is 5.92 Å². The van der Waals surface area contributed by atoms with Crippen molar-refractivity contribution in [1.82, 2.24) is 4.72 Å². The van der Waals surface area contributed by atoms with E-state index in [1.807, 2.05) is 0 Å². The van der Waals surface area contributed by atoms with Crippen molar-refractivity contribution in [3.05, 3.63) is 0 Å². The summed E-state index contributed by atoms with van der Waals surface area (Å²) in [6.45, 7) is 2.69. The van der Waals surface area contributed by atoms with Crippen molar-refractivity contribution in [1.29, 1.82) is 0 Å². The highest BCUT2D eigenvalue weighted by Crippen LogP contribution is 2.07. The molecule has 1 N–H and O–H groups in total. The van der Waals surface area contributed by atoms with E-state index in [0.717, 1.165) is 18.2 Å². The lowest BCUT2D eigenvalue weighted by Crippen LogP contribution is -2.23. The van der Waals surface area contributed by atoms with Crippen LogP contribution in [0.5, 0.6) is 0 Å². The first-order valence-electron chi connectivity index (χ1n) is 3.96. The van der Waals surface area contributed by atoms with Gasteiger partial charge in [0.05, 0.1) is 6.26 Å². The minimum absolute atomic E-state index is 0.552. The Morgan fingerprint density at radius 3 is 2.50 bits per heavy atom. The fourth-order valence-corrected chi connectivity index (χ4v) is 1.62. The molecule has 0 bridgehead atoms. The van der Waals surface area contributed by atoms with Crippen LogP contribution >= 0.6 is 15.9 Å². The van der Waals surface area contributed by atoms with Crippen molar-refractivity contribution in [2.75, 3.05) is 18.1 Å². The summed E-state index contributed by atoms with van der Waals surface area (Å²) in [5.41, 5.74) is 0. The summed E-state index contributed by atoms with van der Waals surface area (Å²) in [6.07, 6.45) is 3.13. The highest BCUT2D eigenvalue weighted by Gasteiger charge is 2.01. The molecule has 1 unspecified atom stereocenters. The molecule has 0 fully saturated rings. The highest BCUT2D eigenvalue weighted by molar-refractivity contribution is 9.09. The van der Waals surface area contributed by atoms with Gasteiger partial charge in [-0.1, -0.05) is 22.9 Å². The summed E-state index contributed by atoms with van der Waals surface area (Å²) >= 11 is 3.37. The molecule has 0 aromatic rings. The van der Waals surface area contributed by atoms with Crippen molar-refractivity contribution in [2.45, 2.75) is 19.8 Å². The molecule has 74 valence electrons. The van der Waals surface area contributed by atoms with Crippen LogP contribution in [-0.4, -0.2) is 26.5 Å². The molecule has 0 saturated heterocycles. The molecule has 0 rings (SSSR count). The fourth-order valence-electron chi connectivity index (χ4n) is 0.785. The van der Waals surface area contributed by atoms with Crippen LogP contribution in [0.15, 0.2) is 0 Å². The van der Waals surface area contributed by atoms with Crippen LogP contribution in [0.2, 0.25) is 0 Å². The van der Waals surface area contributed by atoms with Gasteiger partial charge < -0.3 is 0 Å². The van der Waals surface area contributed by atoms with Gasteiger partial charge in [-0.3, -0.25) is 0 Å². The number of sulfonamides is 1. The molecule has 0 aliphatic heterocycles. The van der Waals surface area contributed by atoms with Crippen LogP contribution in [0.3, 0.4) is 0 Å². The van der Waals surface area contributed by atoms with E-state index in [1.165, 1.54) is 6.26 Å². The van der Waals surface area contributed by atoms with Crippen LogP contribution in [0.4, 0.5) is 0 Å². The van der Waals surface area contributed by atoms with E-state index in [2.05, 4.69) is 27.6 Å². The van der Waals surface area contributed by atoms with Crippen LogP contribution < -0.4 is 4.72 Å². The van der Waals surface area contributed by atoms with Gasteiger partial charge in [-0.15, -0.1) is 0 Å². The molecular formula is C7H16BrNO2S. The topological polar surface area (TPSA) is 46.2 Å². The average Bonchev–Trinajstić information content (AvgIpc) is 1.96. The molecule has 1 atom stereocenters. The maximum atomic E-state index is 10.6. The average molecular weight is 258 g/mol. The van der Waals surface area contributed by atoms with Gasteiger partial charge in [0, 0.05) is 11.9 Å². The summed E-state index contributed by atoms with van der Waals surface area (Å²) in [4.78, 5) is 0. The van der Waals surface area contributed by atoms with E-state index >= 15 is 0 Å². The quantitative estimate of drug-likeness (QED) is 0.577. The molecule has 0 heterocycles. The summed E-state index contributed by atoms with van der Waals surface area (Å²) in [6, 6.07) is 0. The molecule has 0 radical (unpaired) electrons. The second-order valence-corrected chi connectivity index (χ2v) is 5.55. The third-order valence-corrected chi connectivity index (χ3v) is 3.34. The maximum Gasteiger partial charge on any atom is 0.208 e. The minimum Gasteiger partial charge on any atom is -0.215 e. The lowest BCUT2D eigenvalue weighted by molar-refractivity contribution is 0.549. The second kappa shape index (κ2) is 5.94. The summed E-state index contributed by atoms with van der Waals surface area (Å²) in [7, 11) is -2.99. The molecule has 0 aliphatic rings. The van der Waals surface area contributed by atoms with E-state index in [0.29, 0.717) is 12.5 Å². The van der Waals surface area contributed by atoms with Crippen LogP contribution in [0, 0.1) is 5.92 Å². The summed E-state index contributed by atoms with van der Waals surface area (Å²) < 4.78 is 23.7. The molecule has 0 aromatic heterocycles. The number of alkyl halides is 1. The molecule has 5 heteroatoms.